The lowest BCUT2D eigenvalue weighted by Crippen LogP contribution is -2.46. The molecule has 1 saturated heterocycles. The van der Waals surface area contributed by atoms with Gasteiger partial charge in [-0.1, -0.05) is 18.2 Å². The number of sulfonamides is 1. The second-order valence-corrected chi connectivity index (χ2v) is 12.1. The summed E-state index contributed by atoms with van der Waals surface area (Å²) in [5.74, 6) is 0.548. The van der Waals surface area contributed by atoms with Crippen LogP contribution >= 0.6 is 0 Å². The number of anilines is 1. The van der Waals surface area contributed by atoms with E-state index in [2.05, 4.69) is 10.0 Å². The van der Waals surface area contributed by atoms with Crippen molar-refractivity contribution in [1.82, 2.24) is 10.2 Å². The Balaban J connectivity index is 1.52. The van der Waals surface area contributed by atoms with Crippen molar-refractivity contribution in [3.8, 4) is 5.75 Å². The minimum atomic E-state index is -3.36. The smallest absolute Gasteiger partial charge is 0.410 e. The SMILES string of the molecule is CC(C)(C)OC(=O)N1CC[C@@H](c2ccc(NS(C)(=O)=O)cc2)[C@H](COc2ccc3c(c2)C(=O)NC3)C1. The third-order valence-corrected chi connectivity index (χ3v) is 6.86. The Morgan fingerprint density at radius 1 is 1.17 bits per heavy atom. The Morgan fingerprint density at radius 3 is 2.56 bits per heavy atom. The lowest BCUT2D eigenvalue weighted by atomic mass is 9.81. The average molecular weight is 516 g/mol. The third-order valence-electron chi connectivity index (χ3n) is 6.26. The third kappa shape index (κ3) is 6.48. The molecule has 2 N–H and O–H groups in total. The highest BCUT2D eigenvalue weighted by atomic mass is 32.2. The van der Waals surface area contributed by atoms with Gasteiger partial charge in [-0.25, -0.2) is 13.2 Å². The van der Waals surface area contributed by atoms with Crippen molar-refractivity contribution in [1.29, 1.82) is 0 Å². The molecule has 2 heterocycles. The first-order chi connectivity index (χ1) is 16.9. The molecular weight excluding hydrogens is 482 g/mol. The quantitative estimate of drug-likeness (QED) is 0.606. The Kier molecular flexibility index (Phi) is 7.17. The molecule has 2 aromatic rings. The molecule has 2 aliphatic heterocycles. The number of nitrogens with zero attached hydrogens (tertiary/aromatic N) is 1. The molecule has 194 valence electrons. The number of hydrogen-bond donors (Lipinski definition) is 2. The summed E-state index contributed by atoms with van der Waals surface area (Å²) in [5.41, 5.74) is 2.52. The van der Waals surface area contributed by atoms with Crippen molar-refractivity contribution in [2.75, 3.05) is 30.7 Å². The maximum absolute atomic E-state index is 12.8. The molecule has 0 unspecified atom stereocenters. The van der Waals surface area contributed by atoms with Crippen LogP contribution in [0.1, 0.15) is 54.6 Å². The van der Waals surface area contributed by atoms with Gasteiger partial charge in [0.15, 0.2) is 0 Å². The van der Waals surface area contributed by atoms with Gasteiger partial charge in [-0.15, -0.1) is 0 Å². The van der Waals surface area contributed by atoms with E-state index in [0.717, 1.165) is 17.4 Å². The number of amides is 2. The average Bonchev–Trinajstić information content (AvgIpc) is 3.16. The lowest BCUT2D eigenvalue weighted by molar-refractivity contribution is 0.0111. The maximum Gasteiger partial charge on any atom is 0.410 e. The minimum absolute atomic E-state index is 0.0398. The van der Waals surface area contributed by atoms with Crippen molar-refractivity contribution < 1.29 is 27.5 Å². The number of likely N-dealkylation sites (tertiary alicyclic amines) is 1. The fourth-order valence-corrected chi connectivity index (χ4v) is 5.19. The number of nitrogens with one attached hydrogen (secondary N) is 2. The van der Waals surface area contributed by atoms with Crippen LogP contribution in [0.25, 0.3) is 0 Å². The van der Waals surface area contributed by atoms with Gasteiger partial charge in [0.2, 0.25) is 10.0 Å². The van der Waals surface area contributed by atoms with Gasteiger partial charge in [0, 0.05) is 36.8 Å². The van der Waals surface area contributed by atoms with Crippen LogP contribution in [0.4, 0.5) is 10.5 Å². The highest BCUT2D eigenvalue weighted by Crippen LogP contribution is 2.35. The highest BCUT2D eigenvalue weighted by Gasteiger charge is 2.35. The zero-order chi connectivity index (χ0) is 26.1. The van der Waals surface area contributed by atoms with Crippen LogP contribution in [-0.2, 0) is 21.3 Å². The van der Waals surface area contributed by atoms with Gasteiger partial charge in [-0.3, -0.25) is 9.52 Å². The largest absolute Gasteiger partial charge is 0.493 e. The number of hydrogen-bond acceptors (Lipinski definition) is 6. The van der Waals surface area contributed by atoms with Gasteiger partial charge < -0.3 is 19.7 Å². The number of carbonyl (C=O) groups excluding carboxylic acids is 2. The first-order valence-corrected chi connectivity index (χ1v) is 13.9. The maximum atomic E-state index is 12.8. The van der Waals surface area contributed by atoms with E-state index >= 15 is 0 Å². The van der Waals surface area contributed by atoms with E-state index in [4.69, 9.17) is 9.47 Å². The van der Waals surface area contributed by atoms with Crippen LogP contribution in [-0.4, -0.2) is 56.9 Å². The molecule has 0 bridgehead atoms. The molecule has 4 rings (SSSR count). The molecular formula is C26H33N3O6S. The summed E-state index contributed by atoms with van der Waals surface area (Å²) in [5, 5.41) is 2.81. The van der Waals surface area contributed by atoms with Crippen molar-refractivity contribution in [3.63, 3.8) is 0 Å². The molecule has 36 heavy (non-hydrogen) atoms. The number of carbonyl (C=O) groups is 2. The van der Waals surface area contributed by atoms with Gasteiger partial charge in [0.05, 0.1) is 12.9 Å². The van der Waals surface area contributed by atoms with Gasteiger partial charge in [0.1, 0.15) is 11.4 Å². The fourth-order valence-electron chi connectivity index (χ4n) is 4.63. The van der Waals surface area contributed by atoms with Gasteiger partial charge >= 0.3 is 6.09 Å². The van der Waals surface area contributed by atoms with Crippen LogP contribution in [0.5, 0.6) is 5.75 Å². The van der Waals surface area contributed by atoms with Gasteiger partial charge in [0.25, 0.3) is 5.91 Å². The summed E-state index contributed by atoms with van der Waals surface area (Å²) >= 11 is 0. The predicted octanol–water partition coefficient (Wildman–Crippen LogP) is 3.72. The van der Waals surface area contributed by atoms with Crippen molar-refractivity contribution >= 4 is 27.7 Å². The molecule has 0 aromatic heterocycles. The van der Waals surface area contributed by atoms with Crippen LogP contribution in [0, 0.1) is 5.92 Å². The van der Waals surface area contributed by atoms with Crippen LogP contribution < -0.4 is 14.8 Å². The Hall–Kier alpha value is -3.27. The van der Waals surface area contributed by atoms with E-state index in [1.165, 1.54) is 0 Å². The summed E-state index contributed by atoms with van der Waals surface area (Å²) in [6.45, 7) is 7.38. The summed E-state index contributed by atoms with van der Waals surface area (Å²) in [7, 11) is -3.36. The van der Waals surface area contributed by atoms with E-state index in [1.807, 2.05) is 45.0 Å². The van der Waals surface area contributed by atoms with E-state index in [0.29, 0.717) is 49.7 Å². The fraction of sp³-hybridized carbons (Fsp3) is 0.462. The molecule has 2 aliphatic rings. The molecule has 2 amide bonds. The van der Waals surface area contributed by atoms with Gasteiger partial charge in [-0.05, 0) is 68.5 Å². The summed E-state index contributed by atoms with van der Waals surface area (Å²) < 4.78 is 37.3. The van der Waals surface area contributed by atoms with Gasteiger partial charge in [-0.2, -0.15) is 0 Å². The second kappa shape index (κ2) is 10.0. The van der Waals surface area contributed by atoms with E-state index in [-0.39, 0.29) is 23.8 Å². The van der Waals surface area contributed by atoms with Crippen molar-refractivity contribution in [3.05, 3.63) is 59.2 Å². The topological polar surface area (TPSA) is 114 Å². The second-order valence-electron chi connectivity index (χ2n) is 10.4. The van der Waals surface area contributed by atoms with E-state index in [9.17, 15) is 18.0 Å². The van der Waals surface area contributed by atoms with Crippen LogP contribution in [0.2, 0.25) is 0 Å². The van der Waals surface area contributed by atoms with Crippen molar-refractivity contribution in [2.24, 2.45) is 5.92 Å². The molecule has 0 aliphatic carbocycles. The molecule has 10 heteroatoms. The zero-order valence-electron chi connectivity index (χ0n) is 21.0. The summed E-state index contributed by atoms with van der Waals surface area (Å²) in [6.07, 6.45) is 1.47. The molecule has 9 nitrogen and oxygen atoms in total. The number of ether oxygens (including phenoxy) is 2. The number of piperidine rings is 1. The Bertz CT molecular complexity index is 1240. The number of benzene rings is 2. The Morgan fingerprint density at radius 2 is 1.89 bits per heavy atom. The predicted molar refractivity (Wildman–Crippen MR) is 137 cm³/mol. The highest BCUT2D eigenvalue weighted by molar-refractivity contribution is 7.92. The zero-order valence-corrected chi connectivity index (χ0v) is 21.9. The first kappa shape index (κ1) is 25.8. The molecule has 0 spiro atoms. The standard InChI is InChI=1S/C26H33N3O6S/c1-26(2,3)35-25(31)29-12-11-22(17-5-8-20(9-6-17)28-36(4,32)33)19(15-29)16-34-21-10-7-18-14-27-24(30)23(18)13-21/h5-10,13,19,22,28H,11-12,14-16H2,1-4H3,(H,27,30)/t19-,22-/m0/s1. The molecule has 1 fully saturated rings. The van der Waals surface area contributed by atoms with Crippen LogP contribution in [0.3, 0.4) is 0 Å². The number of rotatable bonds is 6. The molecule has 0 radical (unpaired) electrons. The van der Waals surface area contributed by atoms with Crippen molar-refractivity contribution in [2.45, 2.75) is 45.3 Å². The van der Waals surface area contributed by atoms with E-state index in [1.54, 1.807) is 23.1 Å². The van der Waals surface area contributed by atoms with E-state index < -0.39 is 15.6 Å². The molecule has 2 atom stereocenters. The van der Waals surface area contributed by atoms with Crippen LogP contribution in [0.15, 0.2) is 42.5 Å². The monoisotopic (exact) mass is 515 g/mol. The lowest BCUT2D eigenvalue weighted by Gasteiger charge is -2.39. The molecule has 0 saturated carbocycles. The number of fused-ring (bicyclic) bond motifs is 1. The summed E-state index contributed by atoms with van der Waals surface area (Å²) in [4.78, 5) is 26.5. The summed E-state index contributed by atoms with van der Waals surface area (Å²) in [6, 6.07) is 12.8. The first-order valence-electron chi connectivity index (χ1n) is 12.0. The Labute approximate surface area is 212 Å². The molecule has 2 aromatic carbocycles. The normalized spacial score (nSPS) is 19.9. The minimum Gasteiger partial charge on any atom is -0.493 e.